The number of amides is 1. The van der Waals surface area contributed by atoms with Crippen molar-refractivity contribution in [2.24, 2.45) is 5.73 Å². The van der Waals surface area contributed by atoms with Gasteiger partial charge in [0.2, 0.25) is 5.91 Å². The summed E-state index contributed by atoms with van der Waals surface area (Å²) in [4.78, 5) is 13.6. The zero-order chi connectivity index (χ0) is 10.2. The molecular weight excluding hydrogens is 196 g/mol. The molecule has 1 fully saturated rings. The van der Waals surface area contributed by atoms with Crippen molar-refractivity contribution in [2.75, 3.05) is 31.1 Å². The number of carbonyl (C=O) groups excluding carboxylic acids is 1. The maximum Gasteiger partial charge on any atom is 0.222 e. The number of carbonyl (C=O) groups is 1. The first-order valence-corrected chi connectivity index (χ1v) is 6.55. The molecule has 1 aliphatic rings. The van der Waals surface area contributed by atoms with Crippen molar-refractivity contribution in [1.82, 2.24) is 4.90 Å². The minimum atomic E-state index is 0.343. The van der Waals surface area contributed by atoms with Crippen molar-refractivity contribution < 1.29 is 4.79 Å². The number of hydrogen-bond acceptors (Lipinski definition) is 3. The molecule has 0 bridgehead atoms. The smallest absolute Gasteiger partial charge is 0.222 e. The lowest BCUT2D eigenvalue weighted by Gasteiger charge is -2.19. The van der Waals surface area contributed by atoms with Gasteiger partial charge in [-0.05, 0) is 12.8 Å². The first kappa shape index (κ1) is 11.9. The first-order chi connectivity index (χ1) is 6.84. The Kier molecular flexibility index (Phi) is 6.03. The maximum atomic E-state index is 11.6. The van der Waals surface area contributed by atoms with E-state index < -0.39 is 0 Å². The van der Waals surface area contributed by atoms with Gasteiger partial charge in [-0.3, -0.25) is 4.79 Å². The zero-order valence-electron chi connectivity index (χ0n) is 8.71. The molecule has 4 heteroatoms. The van der Waals surface area contributed by atoms with E-state index in [1.54, 1.807) is 0 Å². The first-order valence-electron chi connectivity index (χ1n) is 5.40. The number of likely N-dealkylation sites (tertiary alicyclic amines) is 1. The molecular formula is C10H20N2OS. The number of rotatable bonds is 5. The molecule has 0 unspecified atom stereocenters. The molecule has 1 aliphatic heterocycles. The highest BCUT2D eigenvalue weighted by Crippen LogP contribution is 2.11. The van der Waals surface area contributed by atoms with E-state index in [0.29, 0.717) is 5.91 Å². The lowest BCUT2D eigenvalue weighted by molar-refractivity contribution is -0.130. The third-order valence-electron chi connectivity index (χ3n) is 2.44. The normalized spacial score (nSPS) is 18.4. The van der Waals surface area contributed by atoms with Gasteiger partial charge in [-0.2, -0.15) is 11.8 Å². The van der Waals surface area contributed by atoms with Crippen molar-refractivity contribution in [1.29, 1.82) is 0 Å². The van der Waals surface area contributed by atoms with Crippen LogP contribution in [0.2, 0.25) is 0 Å². The molecule has 1 amide bonds. The summed E-state index contributed by atoms with van der Waals surface area (Å²) in [5.41, 5.74) is 5.40. The van der Waals surface area contributed by atoms with Crippen LogP contribution in [0.4, 0.5) is 0 Å². The average Bonchev–Trinajstić information content (AvgIpc) is 2.39. The molecule has 0 aliphatic carbocycles. The van der Waals surface area contributed by atoms with E-state index in [-0.39, 0.29) is 0 Å². The number of nitrogens with two attached hydrogens (primary N) is 1. The molecule has 0 spiro atoms. The monoisotopic (exact) mass is 216 g/mol. The van der Waals surface area contributed by atoms with Gasteiger partial charge in [-0.1, -0.05) is 6.42 Å². The van der Waals surface area contributed by atoms with Gasteiger partial charge in [0.1, 0.15) is 0 Å². The number of nitrogens with zero attached hydrogens (tertiary/aromatic N) is 1. The highest BCUT2D eigenvalue weighted by atomic mass is 32.2. The average molecular weight is 216 g/mol. The van der Waals surface area contributed by atoms with Crippen molar-refractivity contribution in [3.8, 4) is 0 Å². The summed E-state index contributed by atoms with van der Waals surface area (Å²) in [6, 6.07) is 0. The van der Waals surface area contributed by atoms with E-state index in [0.717, 1.165) is 44.0 Å². The second kappa shape index (κ2) is 7.12. The van der Waals surface area contributed by atoms with Crippen LogP contribution < -0.4 is 5.73 Å². The Morgan fingerprint density at radius 3 is 2.93 bits per heavy atom. The summed E-state index contributed by atoms with van der Waals surface area (Å²) in [6.45, 7) is 2.60. The zero-order valence-corrected chi connectivity index (χ0v) is 9.52. The Balaban J connectivity index is 2.16. The highest BCUT2D eigenvalue weighted by Gasteiger charge is 2.15. The minimum absolute atomic E-state index is 0.343. The predicted molar refractivity (Wildman–Crippen MR) is 61.4 cm³/mol. The Bertz CT molecular complexity index is 176. The summed E-state index contributed by atoms with van der Waals surface area (Å²) in [6.07, 6.45) is 4.21. The molecule has 2 N–H and O–H groups in total. The van der Waals surface area contributed by atoms with Crippen molar-refractivity contribution >= 4 is 17.7 Å². The van der Waals surface area contributed by atoms with Crippen LogP contribution in [0, 0.1) is 0 Å². The molecule has 0 radical (unpaired) electrons. The van der Waals surface area contributed by atoms with E-state index in [9.17, 15) is 4.79 Å². The molecule has 0 atom stereocenters. The fourth-order valence-corrected chi connectivity index (χ4v) is 2.36. The molecule has 1 heterocycles. The summed E-state index contributed by atoms with van der Waals surface area (Å²) >= 11 is 1.84. The summed E-state index contributed by atoms with van der Waals surface area (Å²) in [7, 11) is 0. The molecule has 0 aromatic heterocycles. The minimum Gasteiger partial charge on any atom is -0.342 e. The van der Waals surface area contributed by atoms with Crippen LogP contribution in [0.25, 0.3) is 0 Å². The van der Waals surface area contributed by atoms with E-state index in [2.05, 4.69) is 0 Å². The quantitative estimate of drug-likeness (QED) is 0.700. The summed E-state index contributed by atoms with van der Waals surface area (Å²) < 4.78 is 0. The summed E-state index contributed by atoms with van der Waals surface area (Å²) in [5.74, 6) is 2.38. The van der Waals surface area contributed by atoms with E-state index in [4.69, 9.17) is 5.73 Å². The van der Waals surface area contributed by atoms with Crippen LogP contribution >= 0.6 is 11.8 Å². The fraction of sp³-hybridized carbons (Fsp3) is 0.900. The molecule has 0 saturated carbocycles. The van der Waals surface area contributed by atoms with Crippen LogP contribution in [0.15, 0.2) is 0 Å². The Labute approximate surface area is 90.4 Å². The maximum absolute atomic E-state index is 11.6. The van der Waals surface area contributed by atoms with Crippen LogP contribution in [0.1, 0.15) is 25.7 Å². The number of hydrogen-bond donors (Lipinski definition) is 1. The molecule has 1 rings (SSSR count). The molecule has 1 saturated heterocycles. The van der Waals surface area contributed by atoms with Gasteiger partial charge >= 0.3 is 0 Å². The Morgan fingerprint density at radius 2 is 2.14 bits per heavy atom. The molecule has 0 aromatic rings. The van der Waals surface area contributed by atoms with Crippen LogP contribution in [0.3, 0.4) is 0 Å². The van der Waals surface area contributed by atoms with Crippen LogP contribution in [0.5, 0.6) is 0 Å². The van der Waals surface area contributed by atoms with Gasteiger partial charge in [-0.15, -0.1) is 0 Å². The van der Waals surface area contributed by atoms with Crippen LogP contribution in [-0.4, -0.2) is 41.9 Å². The van der Waals surface area contributed by atoms with Gasteiger partial charge in [0, 0.05) is 37.6 Å². The van der Waals surface area contributed by atoms with Gasteiger partial charge in [-0.25, -0.2) is 0 Å². The Morgan fingerprint density at radius 1 is 1.29 bits per heavy atom. The second-order valence-electron chi connectivity index (χ2n) is 3.59. The molecule has 14 heavy (non-hydrogen) atoms. The molecule has 82 valence electrons. The van der Waals surface area contributed by atoms with E-state index >= 15 is 0 Å². The molecule has 3 nitrogen and oxygen atoms in total. The van der Waals surface area contributed by atoms with Crippen LogP contribution in [-0.2, 0) is 4.79 Å². The largest absolute Gasteiger partial charge is 0.342 e. The highest BCUT2D eigenvalue weighted by molar-refractivity contribution is 7.99. The van der Waals surface area contributed by atoms with Crippen molar-refractivity contribution in [3.63, 3.8) is 0 Å². The molecule has 0 aromatic carbocycles. The van der Waals surface area contributed by atoms with Gasteiger partial charge in [0.25, 0.3) is 0 Å². The van der Waals surface area contributed by atoms with Gasteiger partial charge in [0.05, 0.1) is 0 Å². The lowest BCUT2D eigenvalue weighted by Crippen LogP contribution is -2.32. The van der Waals surface area contributed by atoms with E-state index in [1.165, 1.54) is 12.8 Å². The SMILES string of the molecule is NCCSCCN1CCCCCC1=O. The van der Waals surface area contributed by atoms with Crippen molar-refractivity contribution in [2.45, 2.75) is 25.7 Å². The third kappa shape index (κ3) is 4.33. The lowest BCUT2D eigenvalue weighted by atomic mass is 10.2. The summed E-state index contributed by atoms with van der Waals surface area (Å²) in [5, 5.41) is 0. The predicted octanol–water partition coefficient (Wildman–Crippen LogP) is 1.08. The number of thioether (sulfide) groups is 1. The second-order valence-corrected chi connectivity index (χ2v) is 4.82. The topological polar surface area (TPSA) is 46.3 Å². The third-order valence-corrected chi connectivity index (χ3v) is 3.43. The van der Waals surface area contributed by atoms with Gasteiger partial charge < -0.3 is 10.6 Å². The van der Waals surface area contributed by atoms with Gasteiger partial charge in [0.15, 0.2) is 0 Å². The Hall–Kier alpha value is -0.220. The van der Waals surface area contributed by atoms with E-state index in [1.807, 2.05) is 16.7 Å². The fourth-order valence-electron chi connectivity index (χ4n) is 1.64. The van der Waals surface area contributed by atoms with Crippen molar-refractivity contribution in [3.05, 3.63) is 0 Å². The standard InChI is InChI=1S/C10H20N2OS/c11-5-8-14-9-7-12-6-3-1-2-4-10(12)13/h1-9,11H2.